The van der Waals surface area contributed by atoms with Crippen molar-refractivity contribution in [3.8, 4) is 0 Å². The van der Waals surface area contributed by atoms with Gasteiger partial charge in [0.25, 0.3) is 0 Å². The monoisotopic (exact) mass is 184 g/mol. The Morgan fingerprint density at radius 2 is 1.91 bits per heavy atom. The van der Waals surface area contributed by atoms with Gasteiger partial charge in [-0.05, 0) is 6.42 Å². The van der Waals surface area contributed by atoms with Crippen molar-refractivity contribution in [1.82, 2.24) is 0 Å². The normalized spacial score (nSPS) is 16.9. The molecule has 0 bridgehead atoms. The minimum Gasteiger partial charge on any atom is -0.393 e. The molecule has 0 saturated carbocycles. The molecule has 68 valence electrons. The Morgan fingerprint density at radius 1 is 1.36 bits per heavy atom. The molecule has 0 radical (unpaired) electrons. The first kappa shape index (κ1) is 11.1. The van der Waals surface area contributed by atoms with E-state index in [1.54, 1.807) is 0 Å². The summed E-state index contributed by atoms with van der Waals surface area (Å²) in [6.07, 6.45) is -1.38. The van der Waals surface area contributed by atoms with Crippen LogP contribution >= 0.6 is 11.6 Å². The fourth-order valence-corrected chi connectivity index (χ4v) is 0.804. The number of alkyl halides is 1. The van der Waals surface area contributed by atoms with Gasteiger partial charge in [0.05, 0.1) is 12.5 Å². The second-order valence-electron chi connectivity index (χ2n) is 2.54. The van der Waals surface area contributed by atoms with Crippen LogP contribution in [0.3, 0.4) is 0 Å². The SMILES string of the molecule is OCC(O)(CCl)CCC(O)O. The van der Waals surface area contributed by atoms with E-state index in [1.807, 2.05) is 0 Å². The molecule has 0 amide bonds. The van der Waals surface area contributed by atoms with Crippen LogP contribution in [0.25, 0.3) is 0 Å². The van der Waals surface area contributed by atoms with E-state index in [0.29, 0.717) is 0 Å². The van der Waals surface area contributed by atoms with E-state index in [9.17, 15) is 5.11 Å². The summed E-state index contributed by atoms with van der Waals surface area (Å²) in [6, 6.07) is 0. The Hall–Kier alpha value is 0.130. The molecule has 1 atom stereocenters. The average molecular weight is 185 g/mol. The molecular weight excluding hydrogens is 172 g/mol. The molecule has 0 aliphatic rings. The molecule has 0 heterocycles. The third kappa shape index (κ3) is 4.55. The molecule has 0 aromatic rings. The van der Waals surface area contributed by atoms with Crippen LogP contribution in [0.2, 0.25) is 0 Å². The lowest BCUT2D eigenvalue weighted by molar-refractivity contribution is -0.0720. The summed E-state index contributed by atoms with van der Waals surface area (Å²) in [6.45, 7) is -0.469. The average Bonchev–Trinajstić information content (AvgIpc) is 2.00. The third-order valence-electron chi connectivity index (χ3n) is 1.41. The number of aliphatic hydroxyl groups is 4. The number of rotatable bonds is 5. The molecule has 0 spiro atoms. The van der Waals surface area contributed by atoms with Crippen LogP contribution in [0.1, 0.15) is 12.8 Å². The van der Waals surface area contributed by atoms with Gasteiger partial charge in [-0.2, -0.15) is 0 Å². The summed E-state index contributed by atoms with van der Waals surface area (Å²) in [5.74, 6) is -0.115. The predicted molar refractivity (Wildman–Crippen MR) is 40.2 cm³/mol. The van der Waals surface area contributed by atoms with Crippen molar-refractivity contribution in [3.63, 3.8) is 0 Å². The molecule has 0 fully saturated rings. The summed E-state index contributed by atoms with van der Waals surface area (Å²) in [7, 11) is 0. The minimum atomic E-state index is -1.46. The van der Waals surface area contributed by atoms with Crippen molar-refractivity contribution in [2.45, 2.75) is 24.7 Å². The van der Waals surface area contributed by atoms with Crippen molar-refractivity contribution in [3.05, 3.63) is 0 Å². The highest BCUT2D eigenvalue weighted by molar-refractivity contribution is 6.18. The van der Waals surface area contributed by atoms with Crippen molar-refractivity contribution >= 4 is 11.6 Å². The van der Waals surface area contributed by atoms with Gasteiger partial charge in [-0.1, -0.05) is 0 Å². The van der Waals surface area contributed by atoms with Gasteiger partial charge >= 0.3 is 0 Å². The molecule has 5 heteroatoms. The van der Waals surface area contributed by atoms with Crippen molar-refractivity contribution < 1.29 is 20.4 Å². The van der Waals surface area contributed by atoms with Crippen LogP contribution in [-0.2, 0) is 0 Å². The Balaban J connectivity index is 3.69. The van der Waals surface area contributed by atoms with Gasteiger partial charge in [-0.25, -0.2) is 0 Å². The largest absolute Gasteiger partial charge is 0.393 e. The van der Waals surface area contributed by atoms with E-state index >= 15 is 0 Å². The quantitative estimate of drug-likeness (QED) is 0.328. The van der Waals surface area contributed by atoms with Gasteiger partial charge in [0, 0.05) is 6.42 Å². The number of aliphatic hydroxyl groups excluding tert-OH is 2. The molecule has 0 aliphatic carbocycles. The standard InChI is InChI=1S/C6H13ClO4/c7-3-6(11,4-8)2-1-5(9)10/h5,8-11H,1-4H2. The first-order chi connectivity index (χ1) is 5.04. The summed E-state index contributed by atoms with van der Waals surface area (Å²) >= 11 is 5.32. The maximum Gasteiger partial charge on any atom is 0.151 e. The lowest BCUT2D eigenvalue weighted by atomic mass is 10.0. The molecule has 1 unspecified atom stereocenters. The second kappa shape index (κ2) is 4.90. The maximum absolute atomic E-state index is 9.27. The number of hydrogen-bond acceptors (Lipinski definition) is 4. The van der Waals surface area contributed by atoms with E-state index in [4.69, 9.17) is 26.9 Å². The van der Waals surface area contributed by atoms with Gasteiger partial charge < -0.3 is 20.4 Å². The zero-order valence-corrected chi connectivity index (χ0v) is 6.83. The Kier molecular flexibility index (Phi) is 4.96. The first-order valence-corrected chi connectivity index (χ1v) is 3.83. The summed E-state index contributed by atoms with van der Waals surface area (Å²) in [5.41, 5.74) is -1.38. The molecule has 0 saturated heterocycles. The first-order valence-electron chi connectivity index (χ1n) is 3.29. The molecule has 0 aliphatic heterocycles. The number of hydrogen-bond donors (Lipinski definition) is 4. The van der Waals surface area contributed by atoms with Gasteiger partial charge in [0.2, 0.25) is 0 Å². The molecule has 0 aromatic heterocycles. The Labute approximate surface area is 70.0 Å². The van der Waals surface area contributed by atoms with E-state index in [2.05, 4.69) is 0 Å². The number of halogens is 1. The third-order valence-corrected chi connectivity index (χ3v) is 1.91. The summed E-state index contributed by atoms with van der Waals surface area (Å²) in [5, 5.41) is 34.7. The highest BCUT2D eigenvalue weighted by Crippen LogP contribution is 2.14. The summed E-state index contributed by atoms with van der Waals surface area (Å²) < 4.78 is 0. The van der Waals surface area contributed by atoms with Crippen molar-refractivity contribution in [1.29, 1.82) is 0 Å². The van der Waals surface area contributed by atoms with Crippen molar-refractivity contribution in [2.24, 2.45) is 0 Å². The van der Waals surface area contributed by atoms with Crippen molar-refractivity contribution in [2.75, 3.05) is 12.5 Å². The van der Waals surface area contributed by atoms with E-state index in [0.717, 1.165) is 0 Å². The molecule has 4 N–H and O–H groups in total. The fraction of sp³-hybridized carbons (Fsp3) is 1.00. The molecular formula is C6H13ClO4. The van der Waals surface area contributed by atoms with E-state index in [-0.39, 0.29) is 18.7 Å². The molecule has 0 aromatic carbocycles. The highest BCUT2D eigenvalue weighted by Gasteiger charge is 2.25. The lowest BCUT2D eigenvalue weighted by Gasteiger charge is -2.22. The fourth-order valence-electron chi connectivity index (χ4n) is 0.586. The molecule has 11 heavy (non-hydrogen) atoms. The van der Waals surface area contributed by atoms with Gasteiger partial charge in [-0.15, -0.1) is 11.6 Å². The zero-order chi connectivity index (χ0) is 8.91. The van der Waals surface area contributed by atoms with Gasteiger partial charge in [0.15, 0.2) is 6.29 Å². The predicted octanol–water partition coefficient (Wildman–Crippen LogP) is -0.960. The van der Waals surface area contributed by atoms with Crippen LogP contribution < -0.4 is 0 Å². The van der Waals surface area contributed by atoms with E-state index < -0.39 is 18.5 Å². The van der Waals surface area contributed by atoms with E-state index in [1.165, 1.54) is 0 Å². The van der Waals surface area contributed by atoms with Gasteiger partial charge in [-0.3, -0.25) is 0 Å². The lowest BCUT2D eigenvalue weighted by Crippen LogP contribution is -2.36. The van der Waals surface area contributed by atoms with Crippen LogP contribution in [0.4, 0.5) is 0 Å². The highest BCUT2D eigenvalue weighted by atomic mass is 35.5. The zero-order valence-electron chi connectivity index (χ0n) is 6.07. The van der Waals surface area contributed by atoms with Gasteiger partial charge in [0.1, 0.15) is 5.60 Å². The Morgan fingerprint density at radius 3 is 2.18 bits per heavy atom. The van der Waals surface area contributed by atoms with Crippen LogP contribution in [0.5, 0.6) is 0 Å². The minimum absolute atomic E-state index is 0.00375. The smallest absolute Gasteiger partial charge is 0.151 e. The molecule has 4 nitrogen and oxygen atoms in total. The topological polar surface area (TPSA) is 80.9 Å². The van der Waals surface area contributed by atoms with Crippen LogP contribution in [-0.4, -0.2) is 44.8 Å². The second-order valence-corrected chi connectivity index (χ2v) is 2.80. The van der Waals surface area contributed by atoms with Crippen LogP contribution in [0.15, 0.2) is 0 Å². The molecule has 0 rings (SSSR count). The Bertz CT molecular complexity index is 103. The maximum atomic E-state index is 9.27. The summed E-state index contributed by atoms with van der Waals surface area (Å²) in [4.78, 5) is 0. The van der Waals surface area contributed by atoms with Crippen LogP contribution in [0, 0.1) is 0 Å².